The highest BCUT2D eigenvalue weighted by Gasteiger charge is 2.37. The number of azide groups is 1. The first kappa shape index (κ1) is 22.5. The third-order valence-electron chi connectivity index (χ3n) is 2.53. The minimum absolute atomic E-state index is 0.329. The molecule has 0 saturated carbocycles. The first-order valence-electron chi connectivity index (χ1n) is 7.63. The number of esters is 1. The lowest BCUT2D eigenvalue weighted by Gasteiger charge is -2.32. The van der Waals surface area contributed by atoms with Gasteiger partial charge in [0.2, 0.25) is 0 Å². The molecule has 0 spiro atoms. The molecule has 1 atom stereocenters. The van der Waals surface area contributed by atoms with Crippen LogP contribution in [0, 0.1) is 0 Å². The quantitative estimate of drug-likeness (QED) is 0.243. The van der Waals surface area contributed by atoms with Gasteiger partial charge in [-0.3, -0.25) is 4.79 Å². The maximum atomic E-state index is 12.5. The Balaban J connectivity index is 5.74. The maximum absolute atomic E-state index is 12.5. The number of imide groups is 1. The fraction of sp³-hybridized carbons (Fsp3) is 0.800. The molecule has 0 radical (unpaired) electrons. The molecule has 0 saturated heterocycles. The summed E-state index contributed by atoms with van der Waals surface area (Å²) in [6.45, 7) is 9.43. The summed E-state index contributed by atoms with van der Waals surface area (Å²) in [4.78, 5) is 39.8. The van der Waals surface area contributed by atoms with Crippen LogP contribution in [0.5, 0.6) is 0 Å². The van der Waals surface area contributed by atoms with Crippen molar-refractivity contribution in [3.63, 3.8) is 0 Å². The number of nitrogens with zero attached hydrogens (tertiary/aromatic N) is 4. The Kier molecular flexibility index (Phi) is 8.22. The summed E-state index contributed by atoms with van der Waals surface area (Å²) in [6.07, 6.45) is -2.39. The van der Waals surface area contributed by atoms with E-state index in [1.54, 1.807) is 41.5 Å². The van der Waals surface area contributed by atoms with Crippen LogP contribution in [0.1, 0.15) is 48.0 Å². The molecule has 0 aromatic heterocycles. The van der Waals surface area contributed by atoms with Crippen LogP contribution in [0.2, 0.25) is 0 Å². The third kappa shape index (κ3) is 9.41. The van der Waals surface area contributed by atoms with Crippen LogP contribution < -0.4 is 0 Å². The molecule has 2 amide bonds. The van der Waals surface area contributed by atoms with E-state index in [1.165, 1.54) is 0 Å². The Hall–Kier alpha value is -2.48. The lowest BCUT2D eigenvalue weighted by atomic mass is 10.1. The van der Waals surface area contributed by atoms with Crippen molar-refractivity contribution >= 4 is 18.2 Å². The van der Waals surface area contributed by atoms with Gasteiger partial charge in [0, 0.05) is 11.5 Å². The van der Waals surface area contributed by atoms with E-state index in [-0.39, 0.29) is 13.0 Å². The van der Waals surface area contributed by atoms with E-state index in [4.69, 9.17) is 15.0 Å². The zero-order chi connectivity index (χ0) is 19.8. The number of rotatable bonds is 5. The van der Waals surface area contributed by atoms with Gasteiger partial charge in [0.15, 0.2) is 0 Å². The maximum Gasteiger partial charge on any atom is 0.420 e. The Morgan fingerprint density at radius 3 is 1.80 bits per heavy atom. The highest BCUT2D eigenvalue weighted by molar-refractivity contribution is 5.89. The van der Waals surface area contributed by atoms with Crippen molar-refractivity contribution in [3.05, 3.63) is 10.4 Å². The van der Waals surface area contributed by atoms with Gasteiger partial charge in [0.05, 0.1) is 19.6 Å². The van der Waals surface area contributed by atoms with Crippen molar-refractivity contribution in [2.24, 2.45) is 5.11 Å². The molecule has 0 aliphatic rings. The van der Waals surface area contributed by atoms with Gasteiger partial charge >= 0.3 is 18.2 Å². The number of carbonyl (C=O) groups excluding carboxylic acids is 3. The second kappa shape index (κ2) is 9.12. The monoisotopic (exact) mass is 358 g/mol. The first-order valence-corrected chi connectivity index (χ1v) is 7.63. The van der Waals surface area contributed by atoms with Crippen LogP contribution >= 0.6 is 0 Å². The Labute approximate surface area is 147 Å². The molecule has 0 aromatic rings. The average molecular weight is 358 g/mol. The van der Waals surface area contributed by atoms with E-state index >= 15 is 0 Å². The molecule has 0 N–H and O–H groups in total. The molecular formula is C15H26N4O6. The number of hydrogen-bond donors (Lipinski definition) is 0. The van der Waals surface area contributed by atoms with Crippen LogP contribution in [0.15, 0.2) is 5.11 Å². The van der Waals surface area contributed by atoms with Gasteiger partial charge in [-0.05, 0) is 47.1 Å². The molecule has 0 bridgehead atoms. The first-order chi connectivity index (χ1) is 11.3. The highest BCUT2D eigenvalue weighted by Crippen LogP contribution is 2.19. The summed E-state index contributed by atoms with van der Waals surface area (Å²) in [6, 6.07) is -1.10. The van der Waals surface area contributed by atoms with Crippen molar-refractivity contribution in [3.8, 4) is 0 Å². The van der Waals surface area contributed by atoms with Gasteiger partial charge in [0.1, 0.15) is 11.2 Å². The van der Waals surface area contributed by atoms with E-state index in [2.05, 4.69) is 14.8 Å². The predicted molar refractivity (Wildman–Crippen MR) is 88.7 cm³/mol. The fourth-order valence-electron chi connectivity index (χ4n) is 1.64. The van der Waals surface area contributed by atoms with Gasteiger partial charge in [-0.25, -0.2) is 14.5 Å². The molecule has 0 rings (SSSR count). The zero-order valence-corrected chi connectivity index (χ0v) is 15.7. The molecule has 25 heavy (non-hydrogen) atoms. The summed E-state index contributed by atoms with van der Waals surface area (Å²) in [5.41, 5.74) is 6.76. The smallest absolute Gasteiger partial charge is 0.420 e. The van der Waals surface area contributed by atoms with Crippen molar-refractivity contribution in [2.45, 2.75) is 65.2 Å². The Morgan fingerprint density at radius 2 is 1.48 bits per heavy atom. The minimum Gasteiger partial charge on any atom is -0.469 e. The average Bonchev–Trinajstić information content (AvgIpc) is 2.40. The molecule has 0 heterocycles. The molecule has 0 unspecified atom stereocenters. The van der Waals surface area contributed by atoms with Crippen molar-refractivity contribution in [1.29, 1.82) is 0 Å². The normalized spacial score (nSPS) is 12.4. The topological polar surface area (TPSA) is 131 Å². The number of hydrogen-bond acceptors (Lipinski definition) is 7. The molecular weight excluding hydrogens is 332 g/mol. The molecule has 10 heteroatoms. The van der Waals surface area contributed by atoms with Crippen molar-refractivity contribution < 1.29 is 28.6 Å². The Morgan fingerprint density at radius 1 is 1.04 bits per heavy atom. The third-order valence-corrected chi connectivity index (χ3v) is 2.53. The number of methoxy groups -OCH3 is 1. The van der Waals surface area contributed by atoms with Crippen LogP contribution in [0.25, 0.3) is 10.4 Å². The van der Waals surface area contributed by atoms with Crippen molar-refractivity contribution in [2.75, 3.05) is 13.7 Å². The van der Waals surface area contributed by atoms with Gasteiger partial charge in [-0.2, -0.15) is 0 Å². The molecule has 10 nitrogen and oxygen atoms in total. The SMILES string of the molecule is COC(=O)C[C@@H](CN=[N+]=[N-])N(C(=O)OC(C)(C)C)C(=O)OC(C)(C)C. The molecule has 0 aliphatic carbocycles. The van der Waals surface area contributed by atoms with Gasteiger partial charge in [-0.1, -0.05) is 5.11 Å². The van der Waals surface area contributed by atoms with Crippen LogP contribution in [-0.4, -0.2) is 54.0 Å². The van der Waals surface area contributed by atoms with Gasteiger partial charge < -0.3 is 14.2 Å². The van der Waals surface area contributed by atoms with E-state index in [0.29, 0.717) is 4.90 Å². The van der Waals surface area contributed by atoms with Crippen LogP contribution in [-0.2, 0) is 19.0 Å². The van der Waals surface area contributed by atoms with E-state index in [0.717, 1.165) is 7.11 Å². The second-order valence-corrected chi connectivity index (χ2v) is 7.18. The van der Waals surface area contributed by atoms with Gasteiger partial charge in [0.25, 0.3) is 0 Å². The molecule has 142 valence electrons. The summed E-state index contributed by atoms with van der Waals surface area (Å²) < 4.78 is 15.0. The highest BCUT2D eigenvalue weighted by atomic mass is 16.6. The van der Waals surface area contributed by atoms with E-state index in [1.807, 2.05) is 0 Å². The number of amides is 2. The second-order valence-electron chi connectivity index (χ2n) is 7.18. The summed E-state index contributed by atoms with van der Waals surface area (Å²) in [7, 11) is 1.16. The predicted octanol–water partition coefficient (Wildman–Crippen LogP) is 3.40. The zero-order valence-electron chi connectivity index (χ0n) is 15.7. The van der Waals surface area contributed by atoms with E-state index in [9.17, 15) is 14.4 Å². The summed E-state index contributed by atoms with van der Waals surface area (Å²) in [5.74, 6) is -0.685. The molecule has 0 aromatic carbocycles. The van der Waals surface area contributed by atoms with Crippen LogP contribution in [0.3, 0.4) is 0 Å². The summed E-state index contributed by atoms with van der Waals surface area (Å²) in [5, 5.41) is 3.35. The summed E-state index contributed by atoms with van der Waals surface area (Å²) >= 11 is 0. The number of ether oxygens (including phenoxy) is 3. The lowest BCUT2D eigenvalue weighted by Crippen LogP contribution is -2.50. The van der Waals surface area contributed by atoms with E-state index < -0.39 is 35.4 Å². The standard InChI is InChI=1S/C15H26N4O6/c1-14(2,3)24-12(21)19(13(22)25-15(4,5)6)10(9-17-18-16)8-11(20)23-7/h10H,8-9H2,1-7H3/t10-/m0/s1. The molecule has 0 fully saturated rings. The molecule has 0 aliphatic heterocycles. The van der Waals surface area contributed by atoms with Crippen LogP contribution in [0.4, 0.5) is 9.59 Å². The largest absolute Gasteiger partial charge is 0.469 e. The number of carbonyl (C=O) groups is 3. The minimum atomic E-state index is -1.10. The fourth-order valence-corrected chi connectivity index (χ4v) is 1.64. The lowest BCUT2D eigenvalue weighted by molar-refractivity contribution is -0.141. The Bertz CT molecular complexity index is 515. The van der Waals surface area contributed by atoms with Crippen molar-refractivity contribution in [1.82, 2.24) is 4.90 Å². The van der Waals surface area contributed by atoms with Gasteiger partial charge in [-0.15, -0.1) is 0 Å².